The van der Waals surface area contributed by atoms with Crippen molar-refractivity contribution >= 4 is 17.5 Å². The molecule has 164 valence electrons. The van der Waals surface area contributed by atoms with E-state index in [1.165, 1.54) is 0 Å². The molecule has 2 fully saturated rings. The van der Waals surface area contributed by atoms with Gasteiger partial charge in [0.1, 0.15) is 12.4 Å². The number of hydrogen-bond donors (Lipinski definition) is 1. The summed E-state index contributed by atoms with van der Waals surface area (Å²) in [4.78, 5) is 27.2. The van der Waals surface area contributed by atoms with Gasteiger partial charge in [-0.25, -0.2) is 0 Å². The molecule has 0 bridgehead atoms. The molecule has 2 amide bonds. The van der Waals surface area contributed by atoms with Crippen molar-refractivity contribution < 1.29 is 19.1 Å². The van der Waals surface area contributed by atoms with E-state index in [1.807, 2.05) is 60.4 Å². The average molecular weight is 423 g/mol. The molecule has 0 aromatic heterocycles. The summed E-state index contributed by atoms with van der Waals surface area (Å²) in [5, 5.41) is 3.00. The second-order valence-electron chi connectivity index (χ2n) is 8.39. The van der Waals surface area contributed by atoms with Gasteiger partial charge >= 0.3 is 0 Å². The molecular formula is C25H30N2O4. The van der Waals surface area contributed by atoms with Crippen molar-refractivity contribution in [1.82, 2.24) is 4.90 Å². The second kappa shape index (κ2) is 9.96. The molecule has 1 unspecified atom stereocenters. The fourth-order valence-corrected chi connectivity index (χ4v) is 4.07. The fraction of sp³-hybridized carbons (Fsp3) is 0.440. The van der Waals surface area contributed by atoms with Crippen LogP contribution < -0.4 is 10.1 Å². The number of amides is 2. The number of anilines is 1. The van der Waals surface area contributed by atoms with Gasteiger partial charge < -0.3 is 19.7 Å². The van der Waals surface area contributed by atoms with Gasteiger partial charge in [0.25, 0.3) is 5.91 Å². The lowest BCUT2D eigenvalue weighted by atomic mass is 9.95. The maximum absolute atomic E-state index is 12.7. The Morgan fingerprint density at radius 2 is 1.74 bits per heavy atom. The molecule has 0 spiro atoms. The van der Waals surface area contributed by atoms with E-state index in [1.54, 1.807) is 0 Å². The van der Waals surface area contributed by atoms with E-state index in [2.05, 4.69) is 5.32 Å². The van der Waals surface area contributed by atoms with Gasteiger partial charge in [0, 0.05) is 36.9 Å². The highest BCUT2D eigenvalue weighted by atomic mass is 16.5. The highest BCUT2D eigenvalue weighted by Gasteiger charge is 2.28. The summed E-state index contributed by atoms with van der Waals surface area (Å²) < 4.78 is 11.3. The molecule has 2 aliphatic heterocycles. The van der Waals surface area contributed by atoms with E-state index < -0.39 is 0 Å². The van der Waals surface area contributed by atoms with Crippen molar-refractivity contribution in [2.24, 2.45) is 5.92 Å². The first-order chi connectivity index (χ1) is 15.1. The SMILES string of the molecule is Cc1ccc(C(=O)N2CCC(C(=O)Nc3ccc(OCC4CCCO4)cc3)CC2)cc1. The third-order valence-corrected chi connectivity index (χ3v) is 6.03. The molecule has 1 atom stereocenters. The van der Waals surface area contributed by atoms with Crippen LogP contribution in [0.2, 0.25) is 0 Å². The van der Waals surface area contributed by atoms with Gasteiger partial charge in [-0.3, -0.25) is 9.59 Å². The molecule has 2 aromatic rings. The Bertz CT molecular complexity index is 881. The number of rotatable bonds is 6. The van der Waals surface area contributed by atoms with Crippen molar-refractivity contribution in [3.05, 3.63) is 59.7 Å². The first-order valence-corrected chi connectivity index (χ1v) is 11.1. The van der Waals surface area contributed by atoms with E-state index in [9.17, 15) is 9.59 Å². The van der Waals surface area contributed by atoms with Crippen molar-refractivity contribution in [2.45, 2.75) is 38.7 Å². The van der Waals surface area contributed by atoms with Crippen LogP contribution in [0.5, 0.6) is 5.75 Å². The third-order valence-electron chi connectivity index (χ3n) is 6.03. The molecule has 6 nitrogen and oxygen atoms in total. The zero-order chi connectivity index (χ0) is 21.6. The number of piperidine rings is 1. The Balaban J connectivity index is 1.23. The number of aryl methyl sites for hydroxylation is 1. The van der Waals surface area contributed by atoms with Crippen molar-refractivity contribution in [3.63, 3.8) is 0 Å². The zero-order valence-corrected chi connectivity index (χ0v) is 18.0. The van der Waals surface area contributed by atoms with E-state index in [4.69, 9.17) is 9.47 Å². The van der Waals surface area contributed by atoms with Gasteiger partial charge in [-0.2, -0.15) is 0 Å². The minimum absolute atomic E-state index is 0.00968. The Morgan fingerprint density at radius 3 is 2.39 bits per heavy atom. The van der Waals surface area contributed by atoms with E-state index in [0.717, 1.165) is 36.4 Å². The molecule has 4 rings (SSSR count). The van der Waals surface area contributed by atoms with E-state index >= 15 is 0 Å². The summed E-state index contributed by atoms with van der Waals surface area (Å²) in [5.41, 5.74) is 2.59. The number of likely N-dealkylation sites (tertiary alicyclic amines) is 1. The number of hydrogen-bond acceptors (Lipinski definition) is 4. The van der Waals surface area contributed by atoms with Crippen LogP contribution in [0.3, 0.4) is 0 Å². The summed E-state index contributed by atoms with van der Waals surface area (Å²) in [6, 6.07) is 15.1. The summed E-state index contributed by atoms with van der Waals surface area (Å²) in [7, 11) is 0. The fourth-order valence-electron chi connectivity index (χ4n) is 4.07. The van der Waals surface area contributed by atoms with Crippen LogP contribution >= 0.6 is 0 Å². The largest absolute Gasteiger partial charge is 0.491 e. The van der Waals surface area contributed by atoms with Crippen molar-refractivity contribution in [2.75, 3.05) is 31.6 Å². The summed E-state index contributed by atoms with van der Waals surface area (Å²) in [6.45, 7) is 4.58. The summed E-state index contributed by atoms with van der Waals surface area (Å²) in [5.74, 6) is 0.738. The van der Waals surface area contributed by atoms with E-state index in [-0.39, 0.29) is 23.8 Å². The molecule has 0 aliphatic carbocycles. The summed E-state index contributed by atoms with van der Waals surface area (Å²) in [6.07, 6.45) is 3.67. The Kier molecular flexibility index (Phi) is 6.87. The number of carbonyl (C=O) groups excluding carboxylic acids is 2. The molecule has 2 aromatic carbocycles. The van der Waals surface area contributed by atoms with Crippen LogP contribution in [-0.2, 0) is 9.53 Å². The minimum Gasteiger partial charge on any atom is -0.491 e. The number of nitrogens with one attached hydrogen (secondary N) is 1. The third kappa shape index (κ3) is 5.64. The second-order valence-corrected chi connectivity index (χ2v) is 8.39. The lowest BCUT2D eigenvalue weighted by molar-refractivity contribution is -0.121. The highest BCUT2D eigenvalue weighted by molar-refractivity contribution is 5.95. The zero-order valence-electron chi connectivity index (χ0n) is 18.0. The molecule has 2 saturated heterocycles. The predicted molar refractivity (Wildman–Crippen MR) is 119 cm³/mol. The van der Waals surface area contributed by atoms with Crippen LogP contribution in [-0.4, -0.2) is 49.1 Å². The molecule has 6 heteroatoms. The van der Waals surface area contributed by atoms with Gasteiger partial charge in [-0.15, -0.1) is 0 Å². The number of carbonyl (C=O) groups is 2. The first kappa shape index (κ1) is 21.4. The minimum atomic E-state index is -0.0856. The molecule has 0 saturated carbocycles. The molecule has 2 heterocycles. The average Bonchev–Trinajstić information content (AvgIpc) is 3.32. The standard InChI is InChI=1S/C25H30N2O4/c1-18-4-6-20(7-5-18)25(29)27-14-12-19(13-15-27)24(28)26-21-8-10-22(11-9-21)31-17-23-3-2-16-30-23/h4-11,19,23H,2-3,12-17H2,1H3,(H,26,28). The van der Waals surface area contributed by atoms with Crippen LogP contribution in [0.15, 0.2) is 48.5 Å². The van der Waals surface area contributed by atoms with Crippen LogP contribution in [0.4, 0.5) is 5.69 Å². The quantitative estimate of drug-likeness (QED) is 0.763. The van der Waals surface area contributed by atoms with Gasteiger partial charge in [0.2, 0.25) is 5.91 Å². The van der Waals surface area contributed by atoms with Crippen LogP contribution in [0, 0.1) is 12.8 Å². The van der Waals surface area contributed by atoms with Gasteiger partial charge in [-0.05, 0) is 69.0 Å². The number of nitrogens with zero attached hydrogens (tertiary/aromatic N) is 1. The molecule has 31 heavy (non-hydrogen) atoms. The van der Waals surface area contributed by atoms with Crippen molar-refractivity contribution in [3.8, 4) is 5.75 Å². The van der Waals surface area contributed by atoms with Crippen LogP contribution in [0.1, 0.15) is 41.6 Å². The lowest BCUT2D eigenvalue weighted by Crippen LogP contribution is -2.41. The van der Waals surface area contributed by atoms with Crippen LogP contribution in [0.25, 0.3) is 0 Å². The predicted octanol–water partition coefficient (Wildman–Crippen LogP) is 4.04. The van der Waals surface area contributed by atoms with Gasteiger partial charge in [-0.1, -0.05) is 17.7 Å². The summed E-state index contributed by atoms with van der Waals surface area (Å²) >= 11 is 0. The lowest BCUT2D eigenvalue weighted by Gasteiger charge is -2.31. The maximum atomic E-state index is 12.7. The number of ether oxygens (including phenoxy) is 2. The molecular weight excluding hydrogens is 392 g/mol. The Morgan fingerprint density at radius 1 is 1.03 bits per heavy atom. The molecule has 1 N–H and O–H groups in total. The maximum Gasteiger partial charge on any atom is 0.253 e. The topological polar surface area (TPSA) is 67.9 Å². The first-order valence-electron chi connectivity index (χ1n) is 11.1. The Hall–Kier alpha value is -2.86. The highest BCUT2D eigenvalue weighted by Crippen LogP contribution is 2.23. The molecule has 0 radical (unpaired) electrons. The monoisotopic (exact) mass is 422 g/mol. The normalized spacial score (nSPS) is 19.3. The Labute approximate surface area is 183 Å². The molecule has 2 aliphatic rings. The number of benzene rings is 2. The van der Waals surface area contributed by atoms with E-state index in [0.29, 0.717) is 38.1 Å². The van der Waals surface area contributed by atoms with Crippen molar-refractivity contribution in [1.29, 1.82) is 0 Å². The smallest absolute Gasteiger partial charge is 0.253 e. The van der Waals surface area contributed by atoms with Gasteiger partial charge in [0.05, 0.1) is 6.10 Å². The van der Waals surface area contributed by atoms with Gasteiger partial charge in [0.15, 0.2) is 0 Å².